The smallest absolute Gasteiger partial charge is 0.303 e. The average Bonchev–Trinajstić information content (AvgIpc) is 2.43. The van der Waals surface area contributed by atoms with Crippen LogP contribution < -0.4 is 0 Å². The first kappa shape index (κ1) is 15.0. The first-order valence-corrected chi connectivity index (χ1v) is 7.59. The van der Waals surface area contributed by atoms with Gasteiger partial charge in [0.25, 0.3) is 0 Å². The molecule has 1 aliphatic heterocycles. The van der Waals surface area contributed by atoms with E-state index < -0.39 is 5.97 Å². The van der Waals surface area contributed by atoms with Crippen molar-refractivity contribution in [2.75, 3.05) is 6.54 Å². The monoisotopic (exact) mass is 275 g/mol. The quantitative estimate of drug-likeness (QED) is 0.893. The molecular weight excluding hydrogens is 250 g/mol. The average molecular weight is 275 g/mol. The molecule has 0 aromatic heterocycles. The van der Waals surface area contributed by atoms with Crippen molar-refractivity contribution in [3.63, 3.8) is 0 Å². The largest absolute Gasteiger partial charge is 0.481 e. The second-order valence-electron chi connectivity index (χ2n) is 5.91. The van der Waals surface area contributed by atoms with E-state index in [-0.39, 0.29) is 6.42 Å². The molecular formula is C17H25NO2. The molecule has 0 saturated carbocycles. The van der Waals surface area contributed by atoms with Gasteiger partial charge in [-0.3, -0.25) is 9.69 Å². The van der Waals surface area contributed by atoms with Crippen LogP contribution in [0.1, 0.15) is 48.8 Å². The number of piperidine rings is 1. The molecule has 0 aliphatic carbocycles. The molecule has 1 aromatic carbocycles. The predicted octanol–water partition coefficient (Wildman–Crippen LogP) is 3.52. The Labute approximate surface area is 121 Å². The molecule has 2 rings (SSSR count). The van der Waals surface area contributed by atoms with Crippen LogP contribution in [0.4, 0.5) is 0 Å². The highest BCUT2D eigenvalue weighted by atomic mass is 16.4. The normalized spacial score (nSPS) is 20.0. The second-order valence-corrected chi connectivity index (χ2v) is 5.91. The zero-order chi connectivity index (χ0) is 14.5. The van der Waals surface area contributed by atoms with Gasteiger partial charge < -0.3 is 5.11 Å². The summed E-state index contributed by atoms with van der Waals surface area (Å²) in [5, 5.41) is 8.88. The fourth-order valence-corrected chi connectivity index (χ4v) is 3.09. The van der Waals surface area contributed by atoms with E-state index in [9.17, 15) is 4.79 Å². The van der Waals surface area contributed by atoms with Crippen molar-refractivity contribution in [2.24, 2.45) is 0 Å². The van der Waals surface area contributed by atoms with E-state index in [2.05, 4.69) is 36.9 Å². The summed E-state index contributed by atoms with van der Waals surface area (Å²) < 4.78 is 0. The van der Waals surface area contributed by atoms with Crippen LogP contribution in [0.15, 0.2) is 18.2 Å². The molecule has 1 heterocycles. The molecule has 0 spiro atoms. The highest BCUT2D eigenvalue weighted by Gasteiger charge is 2.23. The van der Waals surface area contributed by atoms with Gasteiger partial charge in [-0.1, -0.05) is 24.6 Å². The number of carbonyl (C=O) groups is 1. The van der Waals surface area contributed by atoms with Crippen molar-refractivity contribution in [1.82, 2.24) is 4.90 Å². The fourth-order valence-electron chi connectivity index (χ4n) is 3.09. The van der Waals surface area contributed by atoms with Crippen LogP contribution in [-0.4, -0.2) is 28.6 Å². The molecule has 20 heavy (non-hydrogen) atoms. The molecule has 0 radical (unpaired) electrons. The van der Waals surface area contributed by atoms with Crippen LogP contribution in [-0.2, 0) is 11.3 Å². The number of carboxylic acid groups (broad SMARTS) is 1. The zero-order valence-electron chi connectivity index (χ0n) is 12.6. The van der Waals surface area contributed by atoms with Gasteiger partial charge >= 0.3 is 5.97 Å². The molecule has 3 nitrogen and oxygen atoms in total. The fraction of sp³-hybridized carbons (Fsp3) is 0.588. The molecule has 1 fully saturated rings. The van der Waals surface area contributed by atoms with Gasteiger partial charge in [0.05, 0.1) is 0 Å². The van der Waals surface area contributed by atoms with Crippen molar-refractivity contribution in [3.8, 4) is 0 Å². The third-order valence-electron chi connectivity index (χ3n) is 4.53. The number of carboxylic acids is 1. The maximum Gasteiger partial charge on any atom is 0.303 e. The molecule has 1 aromatic rings. The Morgan fingerprint density at radius 3 is 2.90 bits per heavy atom. The molecule has 0 bridgehead atoms. The Kier molecular flexibility index (Phi) is 5.18. The van der Waals surface area contributed by atoms with E-state index in [0.717, 1.165) is 25.9 Å². The number of benzene rings is 1. The molecule has 110 valence electrons. The molecule has 1 N–H and O–H groups in total. The van der Waals surface area contributed by atoms with Gasteiger partial charge in [0.2, 0.25) is 0 Å². The number of aryl methyl sites for hydroxylation is 1. The summed E-state index contributed by atoms with van der Waals surface area (Å²) in [5.41, 5.74) is 4.09. The molecule has 1 unspecified atom stereocenters. The third kappa shape index (κ3) is 3.83. The topological polar surface area (TPSA) is 40.5 Å². The summed E-state index contributed by atoms with van der Waals surface area (Å²) in [5.74, 6) is -0.678. The second kappa shape index (κ2) is 6.89. The van der Waals surface area contributed by atoms with Crippen LogP contribution in [0.25, 0.3) is 0 Å². The van der Waals surface area contributed by atoms with Crippen molar-refractivity contribution < 1.29 is 9.90 Å². The minimum absolute atomic E-state index is 0.286. The highest BCUT2D eigenvalue weighted by molar-refractivity contribution is 5.66. The Bertz CT molecular complexity index is 470. The number of nitrogens with zero attached hydrogens (tertiary/aromatic N) is 1. The number of aliphatic carboxylic acids is 1. The Morgan fingerprint density at radius 1 is 1.35 bits per heavy atom. The predicted molar refractivity (Wildman–Crippen MR) is 80.8 cm³/mol. The highest BCUT2D eigenvalue weighted by Crippen LogP contribution is 2.24. The van der Waals surface area contributed by atoms with E-state index in [1.165, 1.54) is 29.5 Å². The maximum absolute atomic E-state index is 10.8. The third-order valence-corrected chi connectivity index (χ3v) is 4.53. The van der Waals surface area contributed by atoms with Gasteiger partial charge in [0, 0.05) is 19.0 Å². The Balaban J connectivity index is 2.04. The van der Waals surface area contributed by atoms with E-state index in [4.69, 9.17) is 5.11 Å². The van der Waals surface area contributed by atoms with Crippen LogP contribution in [0.2, 0.25) is 0 Å². The minimum Gasteiger partial charge on any atom is -0.481 e. The summed E-state index contributed by atoms with van der Waals surface area (Å²) in [4.78, 5) is 13.3. The lowest BCUT2D eigenvalue weighted by Crippen LogP contribution is -2.39. The molecule has 1 saturated heterocycles. The maximum atomic E-state index is 10.8. The van der Waals surface area contributed by atoms with Crippen molar-refractivity contribution in [3.05, 3.63) is 34.9 Å². The molecule has 0 amide bonds. The first-order chi connectivity index (χ1) is 9.58. The minimum atomic E-state index is -0.678. The van der Waals surface area contributed by atoms with Gasteiger partial charge in [-0.25, -0.2) is 0 Å². The summed E-state index contributed by atoms with van der Waals surface area (Å²) >= 11 is 0. The number of likely N-dealkylation sites (tertiary alicyclic amines) is 1. The van der Waals surface area contributed by atoms with Gasteiger partial charge in [0.15, 0.2) is 0 Å². The molecule has 1 atom stereocenters. The lowest BCUT2D eigenvalue weighted by molar-refractivity contribution is -0.137. The lowest BCUT2D eigenvalue weighted by atomic mass is 9.96. The van der Waals surface area contributed by atoms with Crippen molar-refractivity contribution in [2.45, 2.75) is 58.5 Å². The molecule has 1 aliphatic rings. The zero-order valence-corrected chi connectivity index (χ0v) is 12.6. The summed E-state index contributed by atoms with van der Waals surface area (Å²) in [7, 11) is 0. The van der Waals surface area contributed by atoms with Gasteiger partial charge in [0.1, 0.15) is 0 Å². The standard InChI is InChI=1S/C17H25NO2/c1-13-6-5-7-15(14(13)2)12-18-11-4-3-8-16(18)9-10-17(19)20/h5-7,16H,3-4,8-12H2,1-2H3,(H,19,20). The van der Waals surface area contributed by atoms with E-state index in [1.54, 1.807) is 0 Å². The summed E-state index contributed by atoms with van der Waals surface area (Å²) in [6.45, 7) is 6.38. The van der Waals surface area contributed by atoms with Crippen LogP contribution in [0, 0.1) is 13.8 Å². The van der Waals surface area contributed by atoms with Gasteiger partial charge in [-0.05, 0) is 56.3 Å². The number of hydrogen-bond donors (Lipinski definition) is 1. The van der Waals surface area contributed by atoms with E-state index in [0.29, 0.717) is 6.04 Å². The first-order valence-electron chi connectivity index (χ1n) is 7.59. The van der Waals surface area contributed by atoms with Crippen LogP contribution in [0.5, 0.6) is 0 Å². The number of rotatable bonds is 5. The summed E-state index contributed by atoms with van der Waals surface area (Å²) in [6.07, 6.45) is 4.66. The Morgan fingerprint density at radius 2 is 2.15 bits per heavy atom. The molecule has 3 heteroatoms. The van der Waals surface area contributed by atoms with Gasteiger partial charge in [-0.15, -0.1) is 0 Å². The van der Waals surface area contributed by atoms with Crippen molar-refractivity contribution in [1.29, 1.82) is 0 Å². The SMILES string of the molecule is Cc1cccc(CN2CCCCC2CCC(=O)O)c1C. The van der Waals surface area contributed by atoms with Crippen LogP contribution >= 0.6 is 0 Å². The summed E-state index contributed by atoms with van der Waals surface area (Å²) in [6, 6.07) is 6.90. The van der Waals surface area contributed by atoms with E-state index >= 15 is 0 Å². The Hall–Kier alpha value is -1.35. The van der Waals surface area contributed by atoms with Crippen molar-refractivity contribution >= 4 is 5.97 Å². The van der Waals surface area contributed by atoms with Gasteiger partial charge in [-0.2, -0.15) is 0 Å². The van der Waals surface area contributed by atoms with Crippen LogP contribution in [0.3, 0.4) is 0 Å². The lowest BCUT2D eigenvalue weighted by Gasteiger charge is -2.36. The van der Waals surface area contributed by atoms with E-state index in [1.807, 2.05) is 0 Å². The number of hydrogen-bond acceptors (Lipinski definition) is 2.